The highest BCUT2D eigenvalue weighted by Gasteiger charge is 2.38. The molecule has 0 spiro atoms. The molecule has 0 fully saturated rings. The average Bonchev–Trinajstić information content (AvgIpc) is 3.43. The van der Waals surface area contributed by atoms with Gasteiger partial charge in [0.15, 0.2) is 0 Å². The van der Waals surface area contributed by atoms with Gasteiger partial charge in [0.2, 0.25) is 0 Å². The minimum atomic E-state index is -0.411. The van der Waals surface area contributed by atoms with Crippen LogP contribution in [0.4, 0.5) is 11.4 Å². The van der Waals surface area contributed by atoms with E-state index in [-0.39, 0.29) is 22.9 Å². The first-order chi connectivity index (χ1) is 22.1. The van der Waals surface area contributed by atoms with Gasteiger partial charge in [-0.25, -0.2) is 9.80 Å². The maximum atomic E-state index is 13.3. The number of benzene rings is 5. The van der Waals surface area contributed by atoms with E-state index in [9.17, 15) is 19.2 Å². The predicted octanol–water partition coefficient (Wildman–Crippen LogP) is 8.11. The van der Waals surface area contributed by atoms with Crippen molar-refractivity contribution in [3.05, 3.63) is 142 Å². The zero-order chi connectivity index (χ0) is 32.3. The fourth-order valence-electron chi connectivity index (χ4n) is 5.64. The summed E-state index contributed by atoms with van der Waals surface area (Å²) in [5.74, 6) is 0.0629. The molecule has 0 N–H and O–H groups in total. The number of hydrogen-bond donors (Lipinski definition) is 0. The van der Waals surface area contributed by atoms with Crippen molar-refractivity contribution in [2.75, 3.05) is 9.80 Å². The van der Waals surface area contributed by atoms with Gasteiger partial charge in [0.05, 0.1) is 33.6 Å². The van der Waals surface area contributed by atoms with Crippen LogP contribution in [-0.2, 0) is 0 Å². The molecule has 7 rings (SSSR count). The zero-order valence-electron chi connectivity index (χ0n) is 25.6. The molecule has 0 saturated heterocycles. The Hall–Kier alpha value is -6.02. The summed E-state index contributed by atoms with van der Waals surface area (Å²) in [4.78, 5) is 55.2. The van der Waals surface area contributed by atoms with E-state index in [1.54, 1.807) is 72.8 Å². The Morgan fingerprint density at radius 3 is 1.20 bits per heavy atom. The molecule has 0 unspecified atom stereocenters. The van der Waals surface area contributed by atoms with Crippen LogP contribution in [0.2, 0.25) is 0 Å². The predicted molar refractivity (Wildman–Crippen MR) is 174 cm³/mol. The van der Waals surface area contributed by atoms with Crippen LogP contribution in [0.1, 0.15) is 63.7 Å². The van der Waals surface area contributed by atoms with Crippen molar-refractivity contribution in [1.29, 1.82) is 0 Å². The molecule has 5 aromatic rings. The van der Waals surface area contributed by atoms with Crippen LogP contribution >= 0.6 is 0 Å². The van der Waals surface area contributed by atoms with Gasteiger partial charge < -0.3 is 9.47 Å². The molecule has 4 amide bonds. The monoisotopic (exact) mass is 608 g/mol. The molecular formula is C38H28N2O6. The SMILES string of the molecule is Cc1ccc(N2C(=O)c3ccc(Oc4cccc(Oc5ccc6c(c5)C(=O)N(c5ccc(C)c(C)c5)C6=O)c4)cc3C2=O)cc1C. The van der Waals surface area contributed by atoms with Gasteiger partial charge in [0, 0.05) is 6.07 Å². The van der Waals surface area contributed by atoms with Gasteiger partial charge in [-0.3, -0.25) is 19.2 Å². The maximum absolute atomic E-state index is 13.3. The second kappa shape index (κ2) is 10.9. The number of carbonyl (C=O) groups excluding carboxylic acids is 4. The molecule has 8 nitrogen and oxygen atoms in total. The summed E-state index contributed by atoms with van der Waals surface area (Å²) in [6.45, 7) is 7.82. The van der Waals surface area contributed by atoms with E-state index in [0.717, 1.165) is 22.3 Å². The molecule has 0 saturated carbocycles. The lowest BCUT2D eigenvalue weighted by Crippen LogP contribution is -2.29. The number of carbonyl (C=O) groups is 4. The second-order valence-electron chi connectivity index (χ2n) is 11.5. The van der Waals surface area contributed by atoms with E-state index in [2.05, 4.69) is 0 Å². The summed E-state index contributed by atoms with van der Waals surface area (Å²) < 4.78 is 12.1. The molecule has 226 valence electrons. The Kier molecular flexibility index (Phi) is 6.78. The van der Waals surface area contributed by atoms with Crippen molar-refractivity contribution in [1.82, 2.24) is 0 Å². The van der Waals surface area contributed by atoms with E-state index in [4.69, 9.17) is 9.47 Å². The fourth-order valence-corrected chi connectivity index (χ4v) is 5.64. The Balaban J connectivity index is 1.09. The van der Waals surface area contributed by atoms with E-state index in [1.165, 1.54) is 9.80 Å². The minimum Gasteiger partial charge on any atom is -0.457 e. The topological polar surface area (TPSA) is 93.2 Å². The summed E-state index contributed by atoms with van der Waals surface area (Å²) in [6.07, 6.45) is 0. The molecule has 8 heteroatoms. The molecule has 0 radical (unpaired) electrons. The normalized spacial score (nSPS) is 13.7. The zero-order valence-corrected chi connectivity index (χ0v) is 25.6. The number of imide groups is 2. The number of fused-ring (bicyclic) bond motifs is 2. The summed E-state index contributed by atoms with van der Waals surface area (Å²) in [5, 5.41) is 0. The third kappa shape index (κ3) is 4.80. The van der Waals surface area contributed by atoms with E-state index in [1.807, 2.05) is 52.0 Å². The fraction of sp³-hybridized carbons (Fsp3) is 0.105. The number of amides is 4. The average molecular weight is 609 g/mol. The van der Waals surface area contributed by atoms with Crippen molar-refractivity contribution >= 4 is 35.0 Å². The lowest BCUT2D eigenvalue weighted by Gasteiger charge is -2.15. The number of rotatable bonds is 6. The molecule has 2 aliphatic heterocycles. The highest BCUT2D eigenvalue weighted by molar-refractivity contribution is 6.35. The second-order valence-corrected chi connectivity index (χ2v) is 11.5. The van der Waals surface area contributed by atoms with Gasteiger partial charge in [-0.1, -0.05) is 18.2 Å². The van der Waals surface area contributed by atoms with Gasteiger partial charge in [0.25, 0.3) is 23.6 Å². The maximum Gasteiger partial charge on any atom is 0.266 e. The molecule has 0 aromatic heterocycles. The summed E-state index contributed by atoms with van der Waals surface area (Å²) in [6, 6.07) is 27.5. The number of anilines is 2. The Bertz CT molecular complexity index is 2000. The number of nitrogens with zero attached hydrogens (tertiary/aromatic N) is 2. The van der Waals surface area contributed by atoms with Crippen molar-refractivity contribution < 1.29 is 28.7 Å². The van der Waals surface area contributed by atoms with Crippen LogP contribution in [0.15, 0.2) is 97.1 Å². The number of aryl methyl sites for hydroxylation is 4. The lowest BCUT2D eigenvalue weighted by atomic mass is 10.1. The number of ether oxygens (including phenoxy) is 2. The van der Waals surface area contributed by atoms with Crippen LogP contribution in [-0.4, -0.2) is 23.6 Å². The van der Waals surface area contributed by atoms with Crippen LogP contribution in [0.5, 0.6) is 23.0 Å². The summed E-state index contributed by atoms with van der Waals surface area (Å²) in [5.41, 5.74) is 6.32. The quantitative estimate of drug-likeness (QED) is 0.181. The van der Waals surface area contributed by atoms with Gasteiger partial charge in [-0.05, 0) is 123 Å². The Labute approximate surface area is 265 Å². The molecule has 46 heavy (non-hydrogen) atoms. The molecule has 0 atom stereocenters. The third-order valence-electron chi connectivity index (χ3n) is 8.49. The van der Waals surface area contributed by atoms with Crippen molar-refractivity contribution in [3.63, 3.8) is 0 Å². The highest BCUT2D eigenvalue weighted by Crippen LogP contribution is 2.36. The third-order valence-corrected chi connectivity index (χ3v) is 8.49. The lowest BCUT2D eigenvalue weighted by molar-refractivity contribution is 0.0910. The standard InChI is InChI=1S/C38H28N2O6/c1-21-8-10-25(16-23(21)3)39-35(41)31-14-12-29(19-33(31)37(39)43)45-27-6-5-7-28(18-27)46-30-13-15-32-34(20-30)38(44)40(36(32)42)26-11-9-22(2)24(4)17-26/h5-20H,1-4H3. The van der Waals surface area contributed by atoms with Crippen LogP contribution < -0.4 is 19.3 Å². The molecule has 0 bridgehead atoms. The summed E-state index contributed by atoms with van der Waals surface area (Å²) >= 11 is 0. The van der Waals surface area contributed by atoms with Crippen molar-refractivity contribution in [3.8, 4) is 23.0 Å². The van der Waals surface area contributed by atoms with Crippen LogP contribution in [0.3, 0.4) is 0 Å². The first-order valence-corrected chi connectivity index (χ1v) is 14.7. The Morgan fingerprint density at radius 1 is 0.391 bits per heavy atom. The first-order valence-electron chi connectivity index (χ1n) is 14.7. The highest BCUT2D eigenvalue weighted by atomic mass is 16.5. The van der Waals surface area contributed by atoms with Gasteiger partial charge in [-0.15, -0.1) is 0 Å². The Morgan fingerprint density at radius 2 is 0.783 bits per heavy atom. The van der Waals surface area contributed by atoms with E-state index >= 15 is 0 Å². The smallest absolute Gasteiger partial charge is 0.266 e. The molecule has 2 heterocycles. The molecule has 2 aliphatic rings. The molecule has 5 aromatic carbocycles. The molecule has 0 aliphatic carbocycles. The van der Waals surface area contributed by atoms with E-state index in [0.29, 0.717) is 45.5 Å². The first kappa shape index (κ1) is 28.7. The van der Waals surface area contributed by atoms with Crippen LogP contribution in [0.25, 0.3) is 0 Å². The minimum absolute atomic E-state index is 0.264. The number of hydrogen-bond acceptors (Lipinski definition) is 6. The van der Waals surface area contributed by atoms with Crippen LogP contribution in [0, 0.1) is 27.7 Å². The van der Waals surface area contributed by atoms with Gasteiger partial charge in [-0.2, -0.15) is 0 Å². The van der Waals surface area contributed by atoms with Crippen molar-refractivity contribution in [2.45, 2.75) is 27.7 Å². The van der Waals surface area contributed by atoms with Gasteiger partial charge >= 0.3 is 0 Å². The molecular weight excluding hydrogens is 580 g/mol. The van der Waals surface area contributed by atoms with Crippen molar-refractivity contribution in [2.24, 2.45) is 0 Å². The largest absolute Gasteiger partial charge is 0.457 e. The van der Waals surface area contributed by atoms with Gasteiger partial charge in [0.1, 0.15) is 23.0 Å². The van der Waals surface area contributed by atoms with E-state index < -0.39 is 11.8 Å². The summed E-state index contributed by atoms with van der Waals surface area (Å²) in [7, 11) is 0.